The largest absolute Gasteiger partial charge is 0.462 e. The summed E-state index contributed by atoms with van der Waals surface area (Å²) in [6.07, 6.45) is 1.27. The summed E-state index contributed by atoms with van der Waals surface area (Å²) in [5.74, 6) is -0.758. The summed E-state index contributed by atoms with van der Waals surface area (Å²) in [7, 11) is 0. The van der Waals surface area contributed by atoms with E-state index in [0.717, 1.165) is 0 Å². The molecule has 0 rings (SSSR count). The van der Waals surface area contributed by atoms with Crippen LogP contribution in [0.3, 0.4) is 0 Å². The predicted molar refractivity (Wildman–Crippen MR) is 82.4 cm³/mol. The van der Waals surface area contributed by atoms with Gasteiger partial charge < -0.3 is 18.9 Å². The molecule has 0 aromatic rings. The van der Waals surface area contributed by atoms with Gasteiger partial charge in [0.1, 0.15) is 0 Å². The third kappa shape index (κ3) is 12.1. The lowest BCUT2D eigenvalue weighted by atomic mass is 10.4. The summed E-state index contributed by atoms with van der Waals surface area (Å²) in [4.78, 5) is 22.1. The van der Waals surface area contributed by atoms with E-state index in [1.807, 2.05) is 0 Å². The van der Waals surface area contributed by atoms with E-state index in [0.29, 0.717) is 63.6 Å². The Hall–Kier alpha value is -1.66. The van der Waals surface area contributed by atoms with Crippen molar-refractivity contribution >= 4 is 11.9 Å². The first kappa shape index (κ1) is 20.3. The van der Waals surface area contributed by atoms with Crippen molar-refractivity contribution < 1.29 is 28.5 Å². The molecule has 0 saturated heterocycles. The van der Waals surface area contributed by atoms with Gasteiger partial charge in [-0.05, 0) is 13.8 Å². The van der Waals surface area contributed by atoms with Gasteiger partial charge in [0.15, 0.2) is 0 Å². The van der Waals surface area contributed by atoms with Crippen LogP contribution in [0.1, 0.15) is 26.7 Å². The summed E-state index contributed by atoms with van der Waals surface area (Å²) < 4.78 is 20.5. The lowest BCUT2D eigenvalue weighted by molar-refractivity contribution is -0.140. The molecule has 0 aliphatic heterocycles. The second kappa shape index (κ2) is 13.0. The van der Waals surface area contributed by atoms with E-state index in [1.165, 1.54) is 0 Å². The van der Waals surface area contributed by atoms with E-state index in [-0.39, 0.29) is 11.9 Å². The Balaban J connectivity index is 3.21. The number of ether oxygens (including phenoxy) is 4. The number of hydrogen-bond acceptors (Lipinski definition) is 6. The molecule has 126 valence electrons. The van der Waals surface area contributed by atoms with E-state index in [4.69, 9.17) is 18.9 Å². The molecule has 0 atom stereocenters. The minimum atomic E-state index is -0.379. The lowest BCUT2D eigenvalue weighted by Gasteiger charge is -2.07. The van der Waals surface area contributed by atoms with Crippen LogP contribution >= 0.6 is 0 Å². The molecular weight excluding hydrogens is 288 g/mol. The van der Waals surface area contributed by atoms with Gasteiger partial charge in [0.05, 0.1) is 26.4 Å². The second-order valence-electron chi connectivity index (χ2n) is 4.76. The van der Waals surface area contributed by atoms with Gasteiger partial charge in [-0.15, -0.1) is 0 Å². The highest BCUT2D eigenvalue weighted by Gasteiger charge is 2.02. The van der Waals surface area contributed by atoms with Crippen molar-refractivity contribution in [1.82, 2.24) is 0 Å². The van der Waals surface area contributed by atoms with Crippen LogP contribution in [0.15, 0.2) is 24.3 Å². The highest BCUT2D eigenvalue weighted by atomic mass is 16.5. The van der Waals surface area contributed by atoms with Gasteiger partial charge in [0.2, 0.25) is 0 Å². The Bertz CT molecular complexity index is 339. The molecule has 0 radical (unpaired) electrons. The van der Waals surface area contributed by atoms with Crippen LogP contribution in [0, 0.1) is 0 Å². The quantitative estimate of drug-likeness (QED) is 0.294. The smallest absolute Gasteiger partial charge is 0.333 e. The van der Waals surface area contributed by atoms with Crippen LogP contribution in [0.4, 0.5) is 0 Å². The van der Waals surface area contributed by atoms with Gasteiger partial charge in [-0.25, -0.2) is 9.59 Å². The van der Waals surface area contributed by atoms with Crippen molar-refractivity contribution in [3.8, 4) is 0 Å². The average molecular weight is 314 g/mol. The maximum Gasteiger partial charge on any atom is 0.333 e. The number of hydrogen-bond donors (Lipinski definition) is 0. The van der Waals surface area contributed by atoms with Crippen LogP contribution in [0.2, 0.25) is 0 Å². The Morgan fingerprint density at radius 2 is 1.05 bits per heavy atom. The van der Waals surface area contributed by atoms with E-state index in [9.17, 15) is 9.59 Å². The molecular formula is C16H26O6. The molecule has 0 amide bonds. The Kier molecular flexibility index (Phi) is 12.1. The van der Waals surface area contributed by atoms with Gasteiger partial charge in [0.25, 0.3) is 0 Å². The Labute approximate surface area is 132 Å². The maximum absolute atomic E-state index is 11.1. The second-order valence-corrected chi connectivity index (χ2v) is 4.76. The molecule has 0 N–H and O–H groups in total. The zero-order valence-corrected chi connectivity index (χ0v) is 13.5. The Morgan fingerprint density at radius 3 is 1.36 bits per heavy atom. The normalized spacial score (nSPS) is 10.1. The fraction of sp³-hybridized carbons (Fsp3) is 0.625. The summed E-state index contributed by atoms with van der Waals surface area (Å²) in [5.41, 5.74) is 0.784. The predicted octanol–water partition coefficient (Wildman–Crippen LogP) is 2.04. The van der Waals surface area contributed by atoms with E-state index >= 15 is 0 Å². The molecule has 0 spiro atoms. The third-order valence-electron chi connectivity index (χ3n) is 2.40. The van der Waals surface area contributed by atoms with Gasteiger partial charge in [-0.1, -0.05) is 13.2 Å². The van der Waals surface area contributed by atoms with Crippen molar-refractivity contribution in [1.29, 1.82) is 0 Å². The highest BCUT2D eigenvalue weighted by Crippen LogP contribution is 1.95. The Morgan fingerprint density at radius 1 is 0.682 bits per heavy atom. The number of rotatable bonds is 13. The molecule has 0 saturated carbocycles. The molecule has 6 nitrogen and oxygen atoms in total. The molecule has 0 aromatic heterocycles. The summed E-state index contributed by atoms with van der Waals surface area (Å²) in [6.45, 7) is 12.8. The molecule has 0 fully saturated rings. The number of esters is 2. The molecule has 0 heterocycles. The first-order valence-electron chi connectivity index (χ1n) is 7.26. The fourth-order valence-electron chi connectivity index (χ4n) is 1.22. The van der Waals surface area contributed by atoms with Crippen molar-refractivity contribution in [2.45, 2.75) is 26.7 Å². The zero-order valence-electron chi connectivity index (χ0n) is 13.5. The van der Waals surface area contributed by atoms with Crippen molar-refractivity contribution in [2.24, 2.45) is 0 Å². The van der Waals surface area contributed by atoms with Gasteiger partial charge in [-0.2, -0.15) is 0 Å². The molecule has 0 aromatic carbocycles. The van der Waals surface area contributed by atoms with Crippen LogP contribution < -0.4 is 0 Å². The SMILES string of the molecule is C=C(C)C(=O)OCCCOCCOCCCOC(=O)C(=C)C. The van der Waals surface area contributed by atoms with Crippen molar-refractivity contribution in [3.05, 3.63) is 24.3 Å². The standard InChI is InChI=1S/C16H26O6/c1-13(2)15(17)21-9-5-7-19-11-12-20-8-6-10-22-16(18)14(3)4/h1,3,5-12H2,2,4H3. The van der Waals surface area contributed by atoms with Gasteiger partial charge in [-0.3, -0.25) is 0 Å². The summed E-state index contributed by atoms with van der Waals surface area (Å²) in [5, 5.41) is 0. The van der Waals surface area contributed by atoms with Crippen molar-refractivity contribution in [3.63, 3.8) is 0 Å². The van der Waals surface area contributed by atoms with Crippen molar-refractivity contribution in [2.75, 3.05) is 39.6 Å². The summed E-state index contributed by atoms with van der Waals surface area (Å²) >= 11 is 0. The van der Waals surface area contributed by atoms with E-state index in [1.54, 1.807) is 13.8 Å². The summed E-state index contributed by atoms with van der Waals surface area (Å²) in [6, 6.07) is 0. The zero-order chi connectivity index (χ0) is 16.8. The van der Waals surface area contributed by atoms with Crippen LogP contribution in [0.5, 0.6) is 0 Å². The molecule has 0 aliphatic rings. The topological polar surface area (TPSA) is 71.1 Å². The number of carbonyl (C=O) groups excluding carboxylic acids is 2. The van der Waals surface area contributed by atoms with Gasteiger partial charge in [0, 0.05) is 37.2 Å². The molecule has 0 bridgehead atoms. The molecule has 6 heteroatoms. The first-order valence-corrected chi connectivity index (χ1v) is 7.26. The van der Waals surface area contributed by atoms with Crippen LogP contribution in [-0.2, 0) is 28.5 Å². The maximum atomic E-state index is 11.1. The third-order valence-corrected chi connectivity index (χ3v) is 2.40. The lowest BCUT2D eigenvalue weighted by Crippen LogP contribution is -2.11. The monoisotopic (exact) mass is 314 g/mol. The molecule has 22 heavy (non-hydrogen) atoms. The average Bonchev–Trinajstić information content (AvgIpc) is 2.47. The van der Waals surface area contributed by atoms with Crippen LogP contribution in [0.25, 0.3) is 0 Å². The van der Waals surface area contributed by atoms with E-state index in [2.05, 4.69) is 13.2 Å². The highest BCUT2D eigenvalue weighted by molar-refractivity contribution is 5.87. The fourth-order valence-corrected chi connectivity index (χ4v) is 1.22. The minimum absolute atomic E-state index is 0.320. The minimum Gasteiger partial charge on any atom is -0.462 e. The van der Waals surface area contributed by atoms with Gasteiger partial charge >= 0.3 is 11.9 Å². The van der Waals surface area contributed by atoms with E-state index < -0.39 is 0 Å². The number of carbonyl (C=O) groups is 2. The molecule has 0 unspecified atom stereocenters. The molecule has 0 aliphatic carbocycles. The van der Waals surface area contributed by atoms with Crippen LogP contribution in [-0.4, -0.2) is 51.6 Å². The first-order chi connectivity index (χ1) is 10.4.